The maximum atomic E-state index is 10.3. The van der Waals surface area contributed by atoms with Crippen molar-refractivity contribution in [2.45, 2.75) is 0 Å². The lowest BCUT2D eigenvalue weighted by atomic mass is 11.3. The summed E-state index contributed by atoms with van der Waals surface area (Å²) in [7, 11) is -5.02. The van der Waals surface area contributed by atoms with Gasteiger partial charge in [-0.05, 0) is 0 Å². The van der Waals surface area contributed by atoms with Gasteiger partial charge in [0.15, 0.2) is 5.03 Å². The van der Waals surface area contributed by atoms with Crippen molar-refractivity contribution in [2.24, 2.45) is 0 Å². The molecule has 0 aromatic heterocycles. The minimum atomic E-state index is -5.02. The number of hydrazine groups is 1. The molecular formula is C2HN3O6S. The fraction of sp³-hybridized carbons (Fsp3) is 0. The first-order valence-electron chi connectivity index (χ1n) is 2.16. The lowest BCUT2D eigenvalue weighted by molar-refractivity contribution is -0.600. The Morgan fingerprint density at radius 3 is 2.17 bits per heavy atom. The molecule has 0 fully saturated rings. The summed E-state index contributed by atoms with van der Waals surface area (Å²) >= 11 is 0. The van der Waals surface area contributed by atoms with Crippen LogP contribution in [-0.2, 0) is 10.0 Å². The molecule has 66 valence electrons. The third kappa shape index (κ3) is 1.80. The van der Waals surface area contributed by atoms with Crippen molar-refractivity contribution in [1.82, 2.24) is 4.41 Å². The van der Waals surface area contributed by atoms with Gasteiger partial charge in [0.05, 0.1) is 0 Å². The summed E-state index contributed by atoms with van der Waals surface area (Å²) in [6.45, 7) is 0. The van der Waals surface area contributed by atoms with Crippen LogP contribution in [0.1, 0.15) is 0 Å². The highest BCUT2D eigenvalue weighted by Gasteiger charge is 2.38. The predicted octanol–water partition coefficient (Wildman–Crippen LogP) is -1.03. The smallest absolute Gasteiger partial charge is 0.460 e. The van der Waals surface area contributed by atoms with Crippen LogP contribution in [0, 0.1) is 20.8 Å². The van der Waals surface area contributed by atoms with Crippen molar-refractivity contribution >= 4 is 16.1 Å². The van der Waals surface area contributed by atoms with Crippen LogP contribution in [0.2, 0.25) is 0 Å². The van der Waals surface area contributed by atoms with Gasteiger partial charge < -0.3 is 5.11 Å². The van der Waals surface area contributed by atoms with E-state index in [0.717, 1.165) is 0 Å². The van der Waals surface area contributed by atoms with Crippen LogP contribution in [0.15, 0.2) is 0 Å². The maximum absolute atomic E-state index is 10.3. The molecule has 0 aromatic carbocycles. The first-order valence-corrected chi connectivity index (χ1v) is 3.60. The highest BCUT2D eigenvalue weighted by Crippen LogP contribution is 1.99. The fourth-order valence-electron chi connectivity index (χ4n) is 0.299. The SMILES string of the molecule is N#CS(=O)(=O)N(C(=O)O)[N+](=O)[O-]. The van der Waals surface area contributed by atoms with Crippen molar-refractivity contribution in [3.05, 3.63) is 10.1 Å². The topological polar surface area (TPSA) is 142 Å². The number of rotatable bonds is 2. The van der Waals surface area contributed by atoms with E-state index in [1.54, 1.807) is 0 Å². The molecule has 10 heteroatoms. The zero-order chi connectivity index (χ0) is 9.94. The summed E-state index contributed by atoms with van der Waals surface area (Å²) in [5.41, 5.74) is 0. The van der Waals surface area contributed by atoms with E-state index < -0.39 is 25.6 Å². The lowest BCUT2D eigenvalue weighted by Crippen LogP contribution is -2.39. The number of amides is 1. The van der Waals surface area contributed by atoms with Gasteiger partial charge in [0.1, 0.15) is 4.41 Å². The Morgan fingerprint density at radius 1 is 1.67 bits per heavy atom. The lowest BCUT2D eigenvalue weighted by Gasteiger charge is -2.01. The fourth-order valence-corrected chi connectivity index (χ4v) is 0.758. The number of carbonyl (C=O) groups is 1. The minimum absolute atomic E-state index is 0.480. The molecule has 0 heterocycles. The summed E-state index contributed by atoms with van der Waals surface area (Å²) in [6.07, 6.45) is -2.35. The molecule has 0 saturated heterocycles. The van der Waals surface area contributed by atoms with Gasteiger partial charge in [-0.15, -0.1) is 0 Å². The van der Waals surface area contributed by atoms with E-state index in [1.807, 2.05) is 0 Å². The highest BCUT2D eigenvalue weighted by molar-refractivity contribution is 7.93. The molecule has 1 N–H and O–H groups in total. The van der Waals surface area contributed by atoms with Crippen molar-refractivity contribution in [3.63, 3.8) is 0 Å². The van der Waals surface area contributed by atoms with Gasteiger partial charge in [-0.3, -0.25) is 0 Å². The van der Waals surface area contributed by atoms with Gasteiger partial charge in [0, 0.05) is 0 Å². The van der Waals surface area contributed by atoms with Crippen LogP contribution in [0.3, 0.4) is 0 Å². The van der Waals surface area contributed by atoms with Gasteiger partial charge >= 0.3 is 16.1 Å². The number of hydrogen-bond acceptors (Lipinski definition) is 6. The first-order chi connectivity index (χ1) is 5.33. The Bertz CT molecular complexity index is 335. The second-order valence-corrected chi connectivity index (χ2v) is 2.84. The number of nitriles is 1. The zero-order valence-electron chi connectivity index (χ0n) is 5.24. The molecule has 0 aliphatic heterocycles. The molecule has 1 amide bonds. The van der Waals surface area contributed by atoms with E-state index >= 15 is 0 Å². The molecule has 0 aliphatic carbocycles. The summed E-state index contributed by atoms with van der Waals surface area (Å²) in [4.78, 5) is 19.7. The summed E-state index contributed by atoms with van der Waals surface area (Å²) < 4.78 is 19.5. The number of thiocyanates is 1. The quantitative estimate of drug-likeness (QED) is 0.257. The van der Waals surface area contributed by atoms with Crippen LogP contribution >= 0.6 is 0 Å². The number of hydrogen-bond donors (Lipinski definition) is 1. The molecule has 0 aromatic rings. The molecule has 0 saturated carbocycles. The number of carboxylic acid groups (broad SMARTS) is 1. The molecule has 0 bridgehead atoms. The number of sulfonamides is 1. The molecule has 0 rings (SSSR count). The molecule has 0 spiro atoms. The van der Waals surface area contributed by atoms with Gasteiger partial charge in [-0.1, -0.05) is 0 Å². The van der Waals surface area contributed by atoms with Crippen LogP contribution in [0.5, 0.6) is 0 Å². The van der Waals surface area contributed by atoms with Crippen LogP contribution in [-0.4, -0.2) is 29.1 Å². The van der Waals surface area contributed by atoms with Crippen LogP contribution in [0.25, 0.3) is 0 Å². The van der Waals surface area contributed by atoms with Crippen molar-refractivity contribution in [3.8, 4) is 5.40 Å². The summed E-state index contributed by atoms with van der Waals surface area (Å²) in [6, 6.07) is 0. The van der Waals surface area contributed by atoms with Gasteiger partial charge in [-0.25, -0.2) is 14.9 Å². The molecule has 12 heavy (non-hydrogen) atoms. The maximum Gasteiger partial charge on any atom is 0.483 e. The number of nitrogens with zero attached hydrogens (tertiary/aromatic N) is 3. The normalized spacial score (nSPS) is 9.92. The molecule has 0 atom stereocenters. The van der Waals surface area contributed by atoms with Crippen molar-refractivity contribution in [1.29, 1.82) is 5.26 Å². The predicted molar refractivity (Wildman–Crippen MR) is 31.4 cm³/mol. The van der Waals surface area contributed by atoms with Crippen LogP contribution in [0.4, 0.5) is 4.79 Å². The average molecular weight is 195 g/mol. The van der Waals surface area contributed by atoms with Gasteiger partial charge in [-0.2, -0.15) is 13.7 Å². The number of nitro groups is 1. The van der Waals surface area contributed by atoms with E-state index in [1.165, 1.54) is 0 Å². The molecule has 9 nitrogen and oxygen atoms in total. The van der Waals surface area contributed by atoms with E-state index in [-0.39, 0.29) is 0 Å². The Morgan fingerprint density at radius 2 is 2.08 bits per heavy atom. The Balaban J connectivity index is 5.21. The van der Waals surface area contributed by atoms with E-state index in [4.69, 9.17) is 10.4 Å². The highest BCUT2D eigenvalue weighted by atomic mass is 32.2. The monoisotopic (exact) mass is 195 g/mol. The van der Waals surface area contributed by atoms with Crippen molar-refractivity contribution < 1.29 is 23.4 Å². The third-order valence-electron chi connectivity index (χ3n) is 0.655. The van der Waals surface area contributed by atoms with Crippen LogP contribution < -0.4 is 0 Å². The zero-order valence-corrected chi connectivity index (χ0v) is 6.05. The summed E-state index contributed by atoms with van der Waals surface area (Å²) in [5, 5.41) is 24.3. The molecular weight excluding hydrogens is 194 g/mol. The van der Waals surface area contributed by atoms with E-state index in [9.17, 15) is 23.3 Å². The third-order valence-corrected chi connectivity index (χ3v) is 1.63. The Labute approximate surface area is 65.6 Å². The van der Waals surface area contributed by atoms with Gasteiger partial charge in [0.2, 0.25) is 5.40 Å². The Kier molecular flexibility index (Phi) is 2.54. The first kappa shape index (κ1) is 10.1. The molecule has 0 unspecified atom stereocenters. The second-order valence-electron chi connectivity index (χ2n) is 1.36. The summed E-state index contributed by atoms with van der Waals surface area (Å²) in [5.74, 6) is 0. The van der Waals surface area contributed by atoms with E-state index in [2.05, 4.69) is 0 Å². The standard InChI is InChI=1S/C2HN3O6S/c3-1-12(10,11)4(2(6)7)5(8)9/h(H,6,7). The average Bonchev–Trinajstić information content (AvgIpc) is 1.84. The Hall–Kier alpha value is -1.89. The minimum Gasteiger partial charge on any atom is -0.460 e. The van der Waals surface area contributed by atoms with Gasteiger partial charge in [0.25, 0.3) is 0 Å². The molecule has 0 radical (unpaired) electrons. The van der Waals surface area contributed by atoms with E-state index in [0.29, 0.717) is 5.40 Å². The second kappa shape index (κ2) is 3.01. The van der Waals surface area contributed by atoms with Crippen molar-refractivity contribution in [2.75, 3.05) is 0 Å². The molecule has 0 aliphatic rings. The largest absolute Gasteiger partial charge is 0.483 e.